The first-order valence-corrected chi connectivity index (χ1v) is 9.83. The van der Waals surface area contributed by atoms with E-state index in [9.17, 15) is 0 Å². The number of hydrogen-bond acceptors (Lipinski definition) is 7. The highest BCUT2D eigenvalue weighted by Gasteiger charge is 2.17. The molecule has 1 aromatic heterocycles. The Balaban J connectivity index is 1.67. The van der Waals surface area contributed by atoms with Gasteiger partial charge in [0.05, 0.1) is 13.2 Å². The number of nitrogens with zero attached hydrogens (tertiary/aromatic N) is 4. The fourth-order valence-electron chi connectivity index (χ4n) is 3.41. The molecule has 1 saturated heterocycles. The van der Waals surface area contributed by atoms with Crippen molar-refractivity contribution < 1.29 is 4.74 Å². The van der Waals surface area contributed by atoms with E-state index in [0.29, 0.717) is 31.1 Å². The predicted molar refractivity (Wildman–Crippen MR) is 117 cm³/mol. The van der Waals surface area contributed by atoms with E-state index in [1.807, 2.05) is 12.1 Å². The summed E-state index contributed by atoms with van der Waals surface area (Å²) in [4.78, 5) is 16.1. The molecule has 0 radical (unpaired) electrons. The standard InChI is InChI=1S/C22H26N6O/c1-15-5-4-6-18(12-15)23-20-25-21(24-19-13-16(2)11-17(3)14-19)27-22(26-20)28-7-9-29-10-8-28/h4-6,11-14H,7-10H2,1-3H3,(H2,23,24,25,26,27). The van der Waals surface area contributed by atoms with Gasteiger partial charge in [-0.1, -0.05) is 18.2 Å². The number of aromatic nitrogens is 3. The molecule has 0 bridgehead atoms. The molecule has 1 aliphatic rings. The van der Waals surface area contributed by atoms with Crippen LogP contribution in [0.5, 0.6) is 0 Å². The minimum Gasteiger partial charge on any atom is -0.378 e. The van der Waals surface area contributed by atoms with E-state index in [4.69, 9.17) is 4.74 Å². The van der Waals surface area contributed by atoms with Gasteiger partial charge < -0.3 is 20.3 Å². The van der Waals surface area contributed by atoms with E-state index >= 15 is 0 Å². The zero-order valence-electron chi connectivity index (χ0n) is 17.1. The lowest BCUT2D eigenvalue weighted by Crippen LogP contribution is -2.37. The van der Waals surface area contributed by atoms with E-state index in [-0.39, 0.29) is 0 Å². The third-order valence-electron chi connectivity index (χ3n) is 4.67. The number of hydrogen-bond donors (Lipinski definition) is 2. The molecule has 0 aliphatic carbocycles. The molecule has 0 unspecified atom stereocenters. The summed E-state index contributed by atoms with van der Waals surface area (Å²) < 4.78 is 5.47. The van der Waals surface area contributed by atoms with Gasteiger partial charge in [-0.2, -0.15) is 15.0 Å². The Labute approximate surface area is 171 Å². The first kappa shape index (κ1) is 19.1. The second kappa shape index (κ2) is 8.45. The average Bonchev–Trinajstić information content (AvgIpc) is 2.68. The molecule has 0 atom stereocenters. The van der Waals surface area contributed by atoms with Gasteiger partial charge in [0.2, 0.25) is 17.8 Å². The van der Waals surface area contributed by atoms with Crippen LogP contribution in [-0.4, -0.2) is 41.3 Å². The molecule has 1 aliphatic heterocycles. The smallest absolute Gasteiger partial charge is 0.233 e. The predicted octanol–water partition coefficient (Wildman–Crippen LogP) is 4.12. The van der Waals surface area contributed by atoms with Crippen molar-refractivity contribution in [2.24, 2.45) is 0 Å². The summed E-state index contributed by atoms with van der Waals surface area (Å²) in [6.07, 6.45) is 0. The number of rotatable bonds is 5. The first-order valence-electron chi connectivity index (χ1n) is 9.83. The summed E-state index contributed by atoms with van der Waals surface area (Å²) in [6, 6.07) is 14.4. The number of benzene rings is 2. The van der Waals surface area contributed by atoms with Gasteiger partial charge in [-0.15, -0.1) is 0 Å². The van der Waals surface area contributed by atoms with Crippen LogP contribution in [0.15, 0.2) is 42.5 Å². The van der Waals surface area contributed by atoms with E-state index in [1.54, 1.807) is 0 Å². The van der Waals surface area contributed by atoms with Crippen molar-refractivity contribution in [2.75, 3.05) is 41.8 Å². The summed E-state index contributed by atoms with van der Waals surface area (Å²) in [5.74, 6) is 1.67. The lowest BCUT2D eigenvalue weighted by atomic mass is 10.1. The van der Waals surface area contributed by atoms with Crippen molar-refractivity contribution in [3.8, 4) is 0 Å². The van der Waals surface area contributed by atoms with Gasteiger partial charge in [0, 0.05) is 24.5 Å². The highest BCUT2D eigenvalue weighted by molar-refractivity contribution is 5.61. The SMILES string of the molecule is Cc1cccc(Nc2nc(Nc3cc(C)cc(C)c3)nc(N3CCOCC3)n2)c1. The summed E-state index contributed by atoms with van der Waals surface area (Å²) in [7, 11) is 0. The van der Waals surface area contributed by atoms with Gasteiger partial charge in [-0.3, -0.25) is 0 Å². The van der Waals surface area contributed by atoms with Crippen molar-refractivity contribution in [3.63, 3.8) is 0 Å². The van der Waals surface area contributed by atoms with Crippen LogP contribution in [0.2, 0.25) is 0 Å². The molecule has 2 heterocycles. The Kier molecular flexibility index (Phi) is 5.57. The molecule has 0 spiro atoms. The van der Waals surface area contributed by atoms with E-state index in [2.05, 4.69) is 81.6 Å². The van der Waals surface area contributed by atoms with Crippen LogP contribution in [0.25, 0.3) is 0 Å². The highest BCUT2D eigenvalue weighted by atomic mass is 16.5. The Hall–Kier alpha value is -3.19. The van der Waals surface area contributed by atoms with Crippen LogP contribution in [0.3, 0.4) is 0 Å². The van der Waals surface area contributed by atoms with Gasteiger partial charge in [-0.25, -0.2) is 0 Å². The molecule has 29 heavy (non-hydrogen) atoms. The van der Waals surface area contributed by atoms with Crippen LogP contribution < -0.4 is 15.5 Å². The Morgan fingerprint density at radius 2 is 1.38 bits per heavy atom. The van der Waals surface area contributed by atoms with Crippen LogP contribution in [0, 0.1) is 20.8 Å². The lowest BCUT2D eigenvalue weighted by Gasteiger charge is -2.27. The maximum Gasteiger partial charge on any atom is 0.233 e. The average molecular weight is 390 g/mol. The summed E-state index contributed by atoms with van der Waals surface area (Å²) in [5, 5.41) is 6.66. The molecule has 0 saturated carbocycles. The summed E-state index contributed by atoms with van der Waals surface area (Å²) in [5.41, 5.74) is 5.46. The minimum atomic E-state index is 0.513. The topological polar surface area (TPSA) is 75.2 Å². The molecular formula is C22H26N6O. The zero-order chi connectivity index (χ0) is 20.2. The third-order valence-corrected chi connectivity index (χ3v) is 4.67. The quantitative estimate of drug-likeness (QED) is 0.679. The molecule has 2 N–H and O–H groups in total. The van der Waals surface area contributed by atoms with Crippen molar-refractivity contribution >= 4 is 29.2 Å². The van der Waals surface area contributed by atoms with Crippen LogP contribution in [0.1, 0.15) is 16.7 Å². The van der Waals surface area contributed by atoms with Crippen LogP contribution in [-0.2, 0) is 4.74 Å². The van der Waals surface area contributed by atoms with Gasteiger partial charge in [0.25, 0.3) is 0 Å². The normalized spacial score (nSPS) is 14.0. The van der Waals surface area contributed by atoms with Gasteiger partial charge in [-0.05, 0) is 61.7 Å². The Bertz CT molecular complexity index is 980. The fourth-order valence-corrected chi connectivity index (χ4v) is 3.41. The van der Waals surface area contributed by atoms with Crippen LogP contribution >= 0.6 is 0 Å². The van der Waals surface area contributed by atoms with Gasteiger partial charge in [0.1, 0.15) is 0 Å². The number of morpholine rings is 1. The third kappa shape index (κ3) is 5.00. The van der Waals surface area contributed by atoms with Crippen molar-refractivity contribution in [3.05, 3.63) is 59.2 Å². The van der Waals surface area contributed by atoms with Gasteiger partial charge >= 0.3 is 0 Å². The Morgan fingerprint density at radius 1 is 0.759 bits per heavy atom. The van der Waals surface area contributed by atoms with E-state index in [1.165, 1.54) is 16.7 Å². The number of ether oxygens (including phenoxy) is 1. The molecule has 4 rings (SSSR count). The molecule has 150 valence electrons. The second-order valence-corrected chi connectivity index (χ2v) is 7.38. The summed E-state index contributed by atoms with van der Waals surface area (Å²) in [6.45, 7) is 9.09. The maximum atomic E-state index is 5.47. The molecule has 3 aromatic rings. The molecule has 7 nitrogen and oxygen atoms in total. The van der Waals surface area contributed by atoms with Crippen molar-refractivity contribution in [1.82, 2.24) is 15.0 Å². The minimum absolute atomic E-state index is 0.513. The van der Waals surface area contributed by atoms with Crippen molar-refractivity contribution in [1.29, 1.82) is 0 Å². The van der Waals surface area contributed by atoms with Crippen LogP contribution in [0.4, 0.5) is 29.2 Å². The molecular weight excluding hydrogens is 364 g/mol. The van der Waals surface area contributed by atoms with Gasteiger partial charge in [0.15, 0.2) is 0 Å². The van der Waals surface area contributed by atoms with E-state index in [0.717, 1.165) is 24.5 Å². The maximum absolute atomic E-state index is 5.47. The number of nitrogens with one attached hydrogen (secondary N) is 2. The largest absolute Gasteiger partial charge is 0.378 e. The molecule has 1 fully saturated rings. The highest BCUT2D eigenvalue weighted by Crippen LogP contribution is 2.22. The monoisotopic (exact) mass is 390 g/mol. The lowest BCUT2D eigenvalue weighted by molar-refractivity contribution is 0.122. The van der Waals surface area contributed by atoms with Crippen molar-refractivity contribution in [2.45, 2.75) is 20.8 Å². The number of anilines is 5. The summed E-state index contributed by atoms with van der Waals surface area (Å²) >= 11 is 0. The molecule has 2 aromatic carbocycles. The Morgan fingerprint density at radius 3 is 2.03 bits per heavy atom. The molecule has 7 heteroatoms. The van der Waals surface area contributed by atoms with E-state index < -0.39 is 0 Å². The number of aryl methyl sites for hydroxylation is 3. The zero-order valence-corrected chi connectivity index (χ0v) is 17.1. The fraction of sp³-hybridized carbons (Fsp3) is 0.318. The first-order chi connectivity index (χ1) is 14.0. The molecule has 0 amide bonds. The second-order valence-electron chi connectivity index (χ2n) is 7.38.